The zero-order valence-corrected chi connectivity index (χ0v) is 17.3. The predicted octanol–water partition coefficient (Wildman–Crippen LogP) is 6.14. The van der Waals surface area contributed by atoms with Gasteiger partial charge in [0, 0.05) is 17.5 Å². The number of halogens is 1. The van der Waals surface area contributed by atoms with Crippen molar-refractivity contribution < 1.29 is 9.47 Å². The summed E-state index contributed by atoms with van der Waals surface area (Å²) in [5, 5.41) is 1.64. The van der Waals surface area contributed by atoms with Gasteiger partial charge in [-0.25, -0.2) is 4.98 Å². The molecule has 1 saturated carbocycles. The van der Waals surface area contributed by atoms with Crippen molar-refractivity contribution in [3.63, 3.8) is 0 Å². The number of hydrogen-bond donors (Lipinski definition) is 1. The van der Waals surface area contributed by atoms with Crippen LogP contribution in [0, 0.1) is 5.92 Å². The monoisotopic (exact) mass is 410 g/mol. The van der Waals surface area contributed by atoms with Gasteiger partial charge in [0.15, 0.2) is 0 Å². The molecule has 0 amide bonds. The molecule has 0 unspecified atom stereocenters. The predicted molar refractivity (Wildman–Crippen MR) is 118 cm³/mol. The zero-order valence-electron chi connectivity index (χ0n) is 16.6. The van der Waals surface area contributed by atoms with E-state index < -0.39 is 0 Å². The molecule has 1 aliphatic rings. The van der Waals surface area contributed by atoms with Crippen LogP contribution < -0.4 is 15.2 Å². The van der Waals surface area contributed by atoms with E-state index in [2.05, 4.69) is 17.1 Å². The minimum atomic E-state index is 0.538. The molecule has 1 aliphatic carbocycles. The molecular formula is C24H27ClN2O2. The van der Waals surface area contributed by atoms with Crippen molar-refractivity contribution in [2.75, 3.05) is 13.2 Å². The van der Waals surface area contributed by atoms with Crippen LogP contribution in [0.3, 0.4) is 0 Å². The first-order valence-electron chi connectivity index (χ1n) is 10.4. The van der Waals surface area contributed by atoms with Crippen molar-refractivity contribution in [1.82, 2.24) is 4.98 Å². The van der Waals surface area contributed by atoms with Crippen LogP contribution in [0.15, 0.2) is 48.5 Å². The van der Waals surface area contributed by atoms with E-state index in [1.165, 1.54) is 37.7 Å². The number of fused-ring (bicyclic) bond motifs is 1. The van der Waals surface area contributed by atoms with E-state index in [1.807, 2.05) is 30.3 Å². The summed E-state index contributed by atoms with van der Waals surface area (Å²) in [6, 6.07) is 15.6. The lowest BCUT2D eigenvalue weighted by Crippen LogP contribution is -2.15. The van der Waals surface area contributed by atoms with Crippen LogP contribution in [0.2, 0.25) is 5.02 Å². The quantitative estimate of drug-likeness (QED) is 0.508. The molecule has 29 heavy (non-hydrogen) atoms. The Morgan fingerprint density at radius 3 is 2.66 bits per heavy atom. The van der Waals surface area contributed by atoms with Gasteiger partial charge in [0.05, 0.1) is 17.1 Å². The molecule has 2 aromatic carbocycles. The van der Waals surface area contributed by atoms with Crippen LogP contribution in [0.1, 0.15) is 37.7 Å². The van der Waals surface area contributed by atoms with E-state index in [-0.39, 0.29) is 0 Å². The fourth-order valence-corrected chi connectivity index (χ4v) is 4.10. The Labute approximate surface area is 177 Å². The molecule has 0 bridgehead atoms. The van der Waals surface area contributed by atoms with Gasteiger partial charge in [0.2, 0.25) is 5.88 Å². The molecule has 1 aromatic heterocycles. The zero-order chi connectivity index (χ0) is 20.1. The molecule has 0 atom stereocenters. The molecule has 1 fully saturated rings. The molecule has 1 heterocycles. The van der Waals surface area contributed by atoms with Crippen LogP contribution >= 0.6 is 11.6 Å². The second-order valence-electron chi connectivity index (χ2n) is 7.72. The number of hydrogen-bond acceptors (Lipinski definition) is 4. The third-order valence-electron chi connectivity index (χ3n) is 5.49. The van der Waals surface area contributed by atoms with Crippen molar-refractivity contribution >= 4 is 22.5 Å². The molecule has 4 nitrogen and oxygen atoms in total. The Morgan fingerprint density at radius 1 is 1.00 bits per heavy atom. The van der Waals surface area contributed by atoms with E-state index in [0.29, 0.717) is 34.9 Å². The van der Waals surface area contributed by atoms with Crippen molar-refractivity contribution in [3.8, 4) is 17.4 Å². The molecule has 0 spiro atoms. The van der Waals surface area contributed by atoms with Gasteiger partial charge in [-0.1, -0.05) is 36.9 Å². The Morgan fingerprint density at radius 2 is 1.86 bits per heavy atom. The molecular weight excluding hydrogens is 384 g/mol. The minimum absolute atomic E-state index is 0.538. The second kappa shape index (κ2) is 9.47. The molecule has 3 aromatic rings. The van der Waals surface area contributed by atoms with Gasteiger partial charge in [0.1, 0.15) is 11.5 Å². The highest BCUT2D eigenvalue weighted by molar-refractivity contribution is 6.32. The molecule has 0 radical (unpaired) electrons. The molecule has 5 heteroatoms. The number of rotatable bonds is 7. The Hall–Kier alpha value is -2.30. The molecule has 0 saturated heterocycles. The molecule has 2 N–H and O–H groups in total. The number of pyridine rings is 1. The van der Waals surface area contributed by atoms with Crippen LogP contribution in [0.4, 0.5) is 0 Å². The number of benzene rings is 2. The highest BCUT2D eigenvalue weighted by Gasteiger charge is 2.15. The standard InChI is InChI=1S/C24H27ClN2O2/c25-21-15-20(8-10-23(21)28-16-18-4-2-1-3-5-18)29-24-11-7-19-14-17(12-13-26)6-9-22(19)27-24/h6-11,14-15,18H,1-5,12-13,16,26H2. The van der Waals surface area contributed by atoms with Gasteiger partial charge in [-0.15, -0.1) is 0 Å². The highest BCUT2D eigenvalue weighted by Crippen LogP contribution is 2.33. The summed E-state index contributed by atoms with van der Waals surface area (Å²) in [7, 11) is 0. The van der Waals surface area contributed by atoms with Gasteiger partial charge in [-0.2, -0.15) is 0 Å². The van der Waals surface area contributed by atoms with Crippen LogP contribution in [0.25, 0.3) is 10.9 Å². The van der Waals surface area contributed by atoms with Crippen LogP contribution in [-0.4, -0.2) is 18.1 Å². The van der Waals surface area contributed by atoms with Gasteiger partial charge in [-0.3, -0.25) is 0 Å². The first kappa shape index (κ1) is 20.0. The topological polar surface area (TPSA) is 57.4 Å². The first-order chi connectivity index (χ1) is 14.2. The SMILES string of the molecule is NCCc1ccc2nc(Oc3ccc(OCC4CCCCC4)c(Cl)c3)ccc2c1. The lowest BCUT2D eigenvalue weighted by Gasteiger charge is -2.22. The summed E-state index contributed by atoms with van der Waals surface area (Å²) in [6.07, 6.45) is 7.33. The van der Waals surface area contributed by atoms with Crippen molar-refractivity contribution in [2.24, 2.45) is 11.7 Å². The van der Waals surface area contributed by atoms with E-state index in [4.69, 9.17) is 26.8 Å². The van der Waals surface area contributed by atoms with E-state index in [0.717, 1.165) is 23.9 Å². The van der Waals surface area contributed by atoms with Crippen molar-refractivity contribution in [3.05, 3.63) is 59.1 Å². The number of nitrogens with zero attached hydrogens (tertiary/aromatic N) is 1. The molecule has 0 aliphatic heterocycles. The number of nitrogens with two attached hydrogens (primary N) is 1. The van der Waals surface area contributed by atoms with Crippen LogP contribution in [0.5, 0.6) is 17.4 Å². The Bertz CT molecular complexity index is 970. The fraction of sp³-hybridized carbons (Fsp3) is 0.375. The van der Waals surface area contributed by atoms with E-state index >= 15 is 0 Å². The second-order valence-corrected chi connectivity index (χ2v) is 8.13. The van der Waals surface area contributed by atoms with Gasteiger partial charge < -0.3 is 15.2 Å². The normalized spacial score (nSPS) is 14.8. The summed E-state index contributed by atoms with van der Waals surface area (Å²) in [5.74, 6) is 2.54. The Balaban J connectivity index is 1.42. The first-order valence-corrected chi connectivity index (χ1v) is 10.8. The van der Waals surface area contributed by atoms with Gasteiger partial charge >= 0.3 is 0 Å². The third kappa shape index (κ3) is 5.20. The van der Waals surface area contributed by atoms with Gasteiger partial charge in [0.25, 0.3) is 0 Å². The summed E-state index contributed by atoms with van der Waals surface area (Å²) >= 11 is 6.42. The average molecular weight is 411 g/mol. The van der Waals surface area contributed by atoms with E-state index in [9.17, 15) is 0 Å². The maximum Gasteiger partial charge on any atom is 0.219 e. The smallest absolute Gasteiger partial charge is 0.219 e. The summed E-state index contributed by atoms with van der Waals surface area (Å²) in [4.78, 5) is 4.59. The fourth-order valence-electron chi connectivity index (χ4n) is 3.88. The third-order valence-corrected chi connectivity index (χ3v) is 5.78. The maximum absolute atomic E-state index is 6.42. The van der Waals surface area contributed by atoms with E-state index in [1.54, 1.807) is 6.07 Å². The van der Waals surface area contributed by atoms with Crippen molar-refractivity contribution in [1.29, 1.82) is 0 Å². The Kier molecular flexibility index (Phi) is 6.53. The minimum Gasteiger partial charge on any atom is -0.492 e. The summed E-state index contributed by atoms with van der Waals surface area (Å²) < 4.78 is 11.9. The largest absolute Gasteiger partial charge is 0.492 e. The molecule has 152 valence electrons. The summed E-state index contributed by atoms with van der Waals surface area (Å²) in [5.41, 5.74) is 7.74. The lowest BCUT2D eigenvalue weighted by molar-refractivity contribution is 0.209. The number of aromatic nitrogens is 1. The summed E-state index contributed by atoms with van der Waals surface area (Å²) in [6.45, 7) is 1.37. The van der Waals surface area contributed by atoms with Crippen molar-refractivity contribution in [2.45, 2.75) is 38.5 Å². The lowest BCUT2D eigenvalue weighted by atomic mass is 9.90. The highest BCUT2D eigenvalue weighted by atomic mass is 35.5. The van der Waals surface area contributed by atoms with Gasteiger partial charge in [-0.05, 0) is 67.6 Å². The average Bonchev–Trinajstić information content (AvgIpc) is 2.74. The maximum atomic E-state index is 6.42. The number of ether oxygens (including phenoxy) is 2. The molecule has 4 rings (SSSR count). The van der Waals surface area contributed by atoms with Crippen LogP contribution in [-0.2, 0) is 6.42 Å².